The van der Waals surface area contributed by atoms with Gasteiger partial charge in [0.25, 0.3) is 0 Å². The highest BCUT2D eigenvalue weighted by Gasteiger charge is 2.50. The molecule has 1 aromatic heterocycles. The topological polar surface area (TPSA) is 115 Å². The van der Waals surface area contributed by atoms with Crippen LogP contribution in [0.3, 0.4) is 0 Å². The first-order valence-corrected chi connectivity index (χ1v) is 11.2. The van der Waals surface area contributed by atoms with Gasteiger partial charge in [-0.3, -0.25) is 14.4 Å². The minimum Gasteiger partial charge on any atom is -0.497 e. The third-order valence-corrected chi connectivity index (χ3v) is 7.04. The summed E-state index contributed by atoms with van der Waals surface area (Å²) in [6.45, 7) is 3.59. The Bertz CT molecular complexity index is 1010. The van der Waals surface area contributed by atoms with Crippen molar-refractivity contribution in [2.45, 2.75) is 43.9 Å². The summed E-state index contributed by atoms with van der Waals surface area (Å²) >= 11 is 0. The SMILES string of the molecule is CC[C@@]1(N)CN2CC[C@H]1C[C@H]2[C@H](OS(=O)(=O)O)c1ccnc2ccc(OC)cc12. The average molecular weight is 422 g/mol. The number of piperidine rings is 3. The van der Waals surface area contributed by atoms with E-state index in [1.807, 2.05) is 12.1 Å². The molecule has 0 aliphatic carbocycles. The molecule has 3 saturated heterocycles. The molecule has 5 rings (SSSR count). The van der Waals surface area contributed by atoms with E-state index in [0.717, 1.165) is 24.8 Å². The van der Waals surface area contributed by atoms with Gasteiger partial charge in [0.2, 0.25) is 0 Å². The number of hydrogen-bond acceptors (Lipinski definition) is 7. The zero-order chi connectivity index (χ0) is 20.8. The Hall–Kier alpha value is -1.78. The van der Waals surface area contributed by atoms with Crippen molar-refractivity contribution >= 4 is 21.3 Å². The Balaban J connectivity index is 1.80. The van der Waals surface area contributed by atoms with Gasteiger partial charge in [-0.25, -0.2) is 4.18 Å². The van der Waals surface area contributed by atoms with Crippen molar-refractivity contribution in [1.29, 1.82) is 0 Å². The first-order valence-electron chi connectivity index (χ1n) is 9.85. The van der Waals surface area contributed by atoms with Crippen LogP contribution in [0.1, 0.15) is 37.9 Å². The minimum atomic E-state index is -4.67. The lowest BCUT2D eigenvalue weighted by Crippen LogP contribution is -2.67. The Morgan fingerprint density at radius 2 is 2.21 bits per heavy atom. The molecule has 9 heteroatoms. The highest BCUT2D eigenvalue weighted by molar-refractivity contribution is 7.80. The molecule has 29 heavy (non-hydrogen) atoms. The number of methoxy groups -OCH3 is 1. The van der Waals surface area contributed by atoms with Gasteiger partial charge in [-0.05, 0) is 61.6 Å². The van der Waals surface area contributed by atoms with E-state index in [2.05, 4.69) is 16.8 Å². The number of nitrogens with two attached hydrogens (primary N) is 1. The Morgan fingerprint density at radius 1 is 1.41 bits per heavy atom. The molecular formula is C20H27N3O5S. The molecule has 2 aromatic rings. The third kappa shape index (κ3) is 3.85. The standard InChI is InChI=1S/C20H27N3O5S/c1-3-20(21)12-23-9-7-13(20)10-18(23)19(28-29(24,25)26)15-6-8-22-17-5-4-14(27-2)11-16(15)17/h4-6,8,11,13,18-19H,3,7,9-10,12,21H2,1-2H3,(H,24,25,26)/t13-,18-,19+,20+/m0/s1. The van der Waals surface area contributed by atoms with Gasteiger partial charge in [0.15, 0.2) is 0 Å². The van der Waals surface area contributed by atoms with Crippen LogP contribution in [0, 0.1) is 5.92 Å². The van der Waals surface area contributed by atoms with Gasteiger partial charge in [-0.15, -0.1) is 0 Å². The molecule has 1 unspecified atom stereocenters. The van der Waals surface area contributed by atoms with Crippen LogP contribution in [-0.4, -0.2) is 54.6 Å². The van der Waals surface area contributed by atoms with E-state index >= 15 is 0 Å². The molecule has 0 saturated carbocycles. The molecule has 3 fully saturated rings. The lowest BCUT2D eigenvalue weighted by Gasteiger charge is -2.56. The van der Waals surface area contributed by atoms with Gasteiger partial charge in [-0.1, -0.05) is 6.92 Å². The molecule has 158 valence electrons. The van der Waals surface area contributed by atoms with Gasteiger partial charge < -0.3 is 10.5 Å². The van der Waals surface area contributed by atoms with E-state index in [1.165, 1.54) is 0 Å². The number of benzene rings is 1. The normalized spacial score (nSPS) is 30.4. The summed E-state index contributed by atoms with van der Waals surface area (Å²) in [5.74, 6) is 0.910. The summed E-state index contributed by atoms with van der Waals surface area (Å²) in [6, 6.07) is 6.96. The number of pyridine rings is 1. The number of ether oxygens (including phenoxy) is 1. The highest BCUT2D eigenvalue weighted by Crippen LogP contribution is 2.45. The van der Waals surface area contributed by atoms with Gasteiger partial charge >= 0.3 is 10.4 Å². The molecule has 0 spiro atoms. The summed E-state index contributed by atoms with van der Waals surface area (Å²) in [5, 5.41) is 0.734. The first kappa shape index (κ1) is 20.5. The Labute approximate surface area is 170 Å². The van der Waals surface area contributed by atoms with E-state index in [1.54, 1.807) is 25.4 Å². The van der Waals surface area contributed by atoms with Crippen LogP contribution in [0.15, 0.2) is 30.5 Å². The van der Waals surface area contributed by atoms with Crippen LogP contribution in [0.4, 0.5) is 0 Å². The van der Waals surface area contributed by atoms with E-state index < -0.39 is 16.5 Å². The molecule has 3 aliphatic heterocycles. The van der Waals surface area contributed by atoms with Gasteiger partial charge in [-0.2, -0.15) is 8.42 Å². The average Bonchev–Trinajstić information content (AvgIpc) is 2.71. The summed E-state index contributed by atoms with van der Waals surface area (Å²) in [4.78, 5) is 6.57. The molecule has 5 atom stereocenters. The summed E-state index contributed by atoms with van der Waals surface area (Å²) in [5.41, 5.74) is 7.70. The molecular weight excluding hydrogens is 394 g/mol. The molecule has 0 amide bonds. The van der Waals surface area contributed by atoms with Crippen LogP contribution in [0.5, 0.6) is 5.75 Å². The monoisotopic (exact) mass is 421 g/mol. The van der Waals surface area contributed by atoms with E-state index in [-0.39, 0.29) is 17.5 Å². The number of nitrogens with zero attached hydrogens (tertiary/aromatic N) is 2. The van der Waals surface area contributed by atoms with Crippen molar-refractivity contribution in [3.8, 4) is 5.75 Å². The summed E-state index contributed by atoms with van der Waals surface area (Å²) in [6.07, 6.45) is 3.30. The van der Waals surface area contributed by atoms with Crippen molar-refractivity contribution in [1.82, 2.24) is 9.88 Å². The van der Waals surface area contributed by atoms with Crippen LogP contribution < -0.4 is 10.5 Å². The van der Waals surface area contributed by atoms with Crippen molar-refractivity contribution < 1.29 is 21.9 Å². The zero-order valence-electron chi connectivity index (χ0n) is 16.6. The van der Waals surface area contributed by atoms with Gasteiger partial charge in [0.05, 0.1) is 12.6 Å². The van der Waals surface area contributed by atoms with Crippen LogP contribution in [0.25, 0.3) is 10.9 Å². The Morgan fingerprint density at radius 3 is 2.83 bits per heavy atom. The van der Waals surface area contributed by atoms with Crippen LogP contribution >= 0.6 is 0 Å². The smallest absolute Gasteiger partial charge is 0.398 e. The maximum absolute atomic E-state index is 11.8. The second-order valence-electron chi connectivity index (χ2n) is 8.07. The molecule has 3 aliphatic rings. The van der Waals surface area contributed by atoms with Crippen molar-refractivity contribution in [3.63, 3.8) is 0 Å². The Kier molecular flexibility index (Phi) is 5.28. The molecule has 0 radical (unpaired) electrons. The van der Waals surface area contributed by atoms with E-state index in [9.17, 15) is 13.0 Å². The lowest BCUT2D eigenvalue weighted by atomic mass is 9.68. The van der Waals surface area contributed by atoms with Crippen molar-refractivity contribution in [3.05, 3.63) is 36.0 Å². The first-order chi connectivity index (χ1) is 13.7. The maximum atomic E-state index is 11.8. The van der Waals surface area contributed by atoms with Gasteiger partial charge in [0, 0.05) is 29.7 Å². The number of rotatable bonds is 6. The van der Waals surface area contributed by atoms with Crippen LogP contribution in [0.2, 0.25) is 0 Å². The van der Waals surface area contributed by atoms with Crippen molar-refractivity contribution in [2.75, 3.05) is 20.2 Å². The number of hydrogen-bond donors (Lipinski definition) is 2. The second kappa shape index (κ2) is 7.48. The highest BCUT2D eigenvalue weighted by atomic mass is 32.3. The quantitative estimate of drug-likeness (QED) is 0.683. The minimum absolute atomic E-state index is 0.212. The fraction of sp³-hybridized carbons (Fsp3) is 0.550. The second-order valence-corrected chi connectivity index (χ2v) is 9.12. The van der Waals surface area contributed by atoms with Crippen molar-refractivity contribution in [2.24, 2.45) is 11.7 Å². The van der Waals surface area contributed by atoms with Crippen LogP contribution in [-0.2, 0) is 14.6 Å². The largest absolute Gasteiger partial charge is 0.497 e. The molecule has 4 heterocycles. The molecule has 2 bridgehead atoms. The molecule has 1 aromatic carbocycles. The fourth-order valence-electron chi connectivity index (χ4n) is 4.96. The molecule has 3 N–H and O–H groups in total. The third-order valence-electron chi connectivity index (χ3n) is 6.59. The predicted octanol–water partition coefficient (Wildman–Crippen LogP) is 2.31. The van der Waals surface area contributed by atoms with E-state index in [0.29, 0.717) is 29.8 Å². The number of fused-ring (bicyclic) bond motifs is 4. The predicted molar refractivity (Wildman–Crippen MR) is 109 cm³/mol. The number of aromatic nitrogens is 1. The van der Waals surface area contributed by atoms with Gasteiger partial charge in [0.1, 0.15) is 11.9 Å². The molecule has 8 nitrogen and oxygen atoms in total. The maximum Gasteiger partial charge on any atom is 0.398 e. The zero-order valence-corrected chi connectivity index (χ0v) is 17.4. The summed E-state index contributed by atoms with van der Waals surface area (Å²) < 4.78 is 43.7. The van der Waals surface area contributed by atoms with E-state index in [4.69, 9.17) is 14.7 Å². The fourth-order valence-corrected chi connectivity index (χ4v) is 5.46. The summed E-state index contributed by atoms with van der Waals surface area (Å²) in [7, 11) is -3.10. The lowest BCUT2D eigenvalue weighted by molar-refractivity contribution is -0.0606.